The number of nitrogens with one attached hydrogen (secondary N) is 2. The van der Waals surface area contributed by atoms with Gasteiger partial charge in [0.25, 0.3) is 5.91 Å². The lowest BCUT2D eigenvalue weighted by Crippen LogP contribution is -2.36. The molecule has 0 radical (unpaired) electrons. The topological polar surface area (TPSA) is 149 Å². The number of thiophene rings is 1. The molecular formula is C18H19N7O2S. The molecular weight excluding hydrogens is 378 g/mol. The quantitative estimate of drug-likeness (QED) is 0.454. The van der Waals surface area contributed by atoms with Gasteiger partial charge in [0.15, 0.2) is 11.5 Å². The lowest BCUT2D eigenvalue weighted by atomic mass is 10.1. The number of amides is 2. The summed E-state index contributed by atoms with van der Waals surface area (Å²) in [6.45, 7) is 0. The van der Waals surface area contributed by atoms with Crippen molar-refractivity contribution in [3.63, 3.8) is 0 Å². The van der Waals surface area contributed by atoms with Crippen LogP contribution in [0.2, 0.25) is 0 Å². The van der Waals surface area contributed by atoms with Crippen LogP contribution < -0.4 is 22.1 Å². The highest BCUT2D eigenvalue weighted by molar-refractivity contribution is 7.17. The van der Waals surface area contributed by atoms with E-state index in [4.69, 9.17) is 11.5 Å². The van der Waals surface area contributed by atoms with Gasteiger partial charge < -0.3 is 22.1 Å². The molecule has 10 heteroatoms. The number of hydrogen-bond donors (Lipinski definition) is 4. The first kappa shape index (κ1) is 18.1. The molecule has 3 aromatic heterocycles. The van der Waals surface area contributed by atoms with E-state index in [-0.39, 0.29) is 11.5 Å². The zero-order valence-corrected chi connectivity index (χ0v) is 15.7. The molecule has 1 saturated carbocycles. The molecule has 9 nitrogen and oxygen atoms in total. The Balaban J connectivity index is 1.63. The Hall–Kier alpha value is -3.27. The standard InChI is InChI=1S/C18H19N7O2S/c19-15(26)11(6-9-3-4-9)23-13-7-22-14(16(20)27)17(25-13)24-12-8-28-18-10(12)2-1-5-21-18/h1-2,5,7-9,11H,3-4,6H2,(H2,19,26)(H2,20,27)(H2,23,24,25)/t11-/m1/s1. The molecule has 1 aliphatic rings. The SMILES string of the molecule is NC(=O)c1ncc(N[C@H](CC2CC2)C(N)=O)nc1Nc1csc2ncccc12. The molecule has 1 aliphatic carbocycles. The van der Waals surface area contributed by atoms with Gasteiger partial charge in [0.1, 0.15) is 16.7 Å². The summed E-state index contributed by atoms with van der Waals surface area (Å²) in [5.41, 5.74) is 11.7. The van der Waals surface area contributed by atoms with E-state index in [1.807, 2.05) is 17.5 Å². The van der Waals surface area contributed by atoms with Crippen molar-refractivity contribution in [3.05, 3.63) is 35.6 Å². The third-order valence-electron chi connectivity index (χ3n) is 4.54. The fraction of sp³-hybridized carbons (Fsp3) is 0.278. The number of hydrogen-bond acceptors (Lipinski definition) is 8. The first-order valence-electron chi connectivity index (χ1n) is 8.83. The number of carbonyl (C=O) groups is 2. The second kappa shape index (κ2) is 7.39. The highest BCUT2D eigenvalue weighted by Crippen LogP contribution is 2.34. The van der Waals surface area contributed by atoms with Crippen LogP contribution in [-0.4, -0.2) is 32.8 Å². The van der Waals surface area contributed by atoms with Crippen molar-refractivity contribution in [2.24, 2.45) is 17.4 Å². The minimum Gasteiger partial charge on any atom is -0.368 e. The maximum atomic E-state index is 11.8. The van der Waals surface area contributed by atoms with Crippen LogP contribution in [0.1, 0.15) is 29.8 Å². The molecule has 0 saturated heterocycles. The van der Waals surface area contributed by atoms with Crippen LogP contribution in [0.3, 0.4) is 0 Å². The van der Waals surface area contributed by atoms with E-state index in [1.165, 1.54) is 17.5 Å². The number of fused-ring (bicyclic) bond motifs is 1. The molecule has 2 amide bonds. The van der Waals surface area contributed by atoms with Gasteiger partial charge in [-0.3, -0.25) is 9.59 Å². The summed E-state index contributed by atoms with van der Waals surface area (Å²) in [5, 5.41) is 8.91. The summed E-state index contributed by atoms with van der Waals surface area (Å²) in [6.07, 6.45) is 5.94. The van der Waals surface area contributed by atoms with E-state index in [1.54, 1.807) is 6.20 Å². The number of nitrogens with two attached hydrogens (primary N) is 2. The minimum atomic E-state index is -0.705. The maximum Gasteiger partial charge on any atom is 0.271 e. The molecule has 0 spiro atoms. The summed E-state index contributed by atoms with van der Waals surface area (Å²) in [4.78, 5) is 37.2. The van der Waals surface area contributed by atoms with E-state index in [0.29, 0.717) is 18.2 Å². The number of nitrogens with zero attached hydrogens (tertiary/aromatic N) is 3. The van der Waals surface area contributed by atoms with E-state index < -0.39 is 17.9 Å². The van der Waals surface area contributed by atoms with Gasteiger partial charge in [0.2, 0.25) is 5.91 Å². The Kier molecular flexibility index (Phi) is 4.78. The van der Waals surface area contributed by atoms with Gasteiger partial charge in [-0.1, -0.05) is 12.8 Å². The molecule has 0 aliphatic heterocycles. The van der Waals surface area contributed by atoms with Gasteiger partial charge in [-0.2, -0.15) is 0 Å². The Morgan fingerprint density at radius 1 is 1.29 bits per heavy atom. The molecule has 28 heavy (non-hydrogen) atoms. The van der Waals surface area contributed by atoms with Crippen LogP contribution in [0.25, 0.3) is 10.2 Å². The third kappa shape index (κ3) is 3.86. The number of rotatable bonds is 8. The normalized spacial score (nSPS) is 14.6. The summed E-state index contributed by atoms with van der Waals surface area (Å²) >= 11 is 1.47. The predicted octanol–water partition coefficient (Wildman–Crippen LogP) is 1.99. The van der Waals surface area contributed by atoms with Crippen molar-refractivity contribution < 1.29 is 9.59 Å². The lowest BCUT2D eigenvalue weighted by molar-refractivity contribution is -0.118. The summed E-state index contributed by atoms with van der Waals surface area (Å²) < 4.78 is 0. The van der Waals surface area contributed by atoms with Crippen molar-refractivity contribution in [2.75, 3.05) is 10.6 Å². The maximum absolute atomic E-state index is 11.8. The van der Waals surface area contributed by atoms with Crippen molar-refractivity contribution in [2.45, 2.75) is 25.3 Å². The molecule has 0 bridgehead atoms. The number of pyridine rings is 1. The molecule has 3 heterocycles. The number of primary amides is 2. The van der Waals surface area contributed by atoms with Gasteiger partial charge in [-0.05, 0) is 24.5 Å². The van der Waals surface area contributed by atoms with Gasteiger partial charge >= 0.3 is 0 Å². The largest absolute Gasteiger partial charge is 0.368 e. The van der Waals surface area contributed by atoms with Crippen LogP contribution in [0.15, 0.2) is 29.9 Å². The first-order valence-corrected chi connectivity index (χ1v) is 9.71. The minimum absolute atomic E-state index is 0.00612. The molecule has 6 N–H and O–H groups in total. The second-order valence-corrected chi connectivity index (χ2v) is 7.58. The molecule has 0 unspecified atom stereocenters. The smallest absolute Gasteiger partial charge is 0.271 e. The Bertz CT molecular complexity index is 1050. The summed E-state index contributed by atoms with van der Waals surface area (Å²) in [7, 11) is 0. The van der Waals surface area contributed by atoms with Crippen LogP contribution >= 0.6 is 11.3 Å². The Morgan fingerprint density at radius 3 is 2.82 bits per heavy atom. The molecule has 3 aromatic rings. The first-order chi connectivity index (χ1) is 13.5. The van der Waals surface area contributed by atoms with Gasteiger partial charge in [-0.15, -0.1) is 11.3 Å². The Labute approximate surface area is 164 Å². The number of anilines is 3. The highest BCUT2D eigenvalue weighted by atomic mass is 32.1. The van der Waals surface area contributed by atoms with Crippen LogP contribution in [-0.2, 0) is 4.79 Å². The van der Waals surface area contributed by atoms with Crippen LogP contribution in [0.5, 0.6) is 0 Å². The molecule has 0 aromatic carbocycles. The van der Waals surface area contributed by atoms with Crippen molar-refractivity contribution in [1.82, 2.24) is 15.0 Å². The fourth-order valence-electron chi connectivity index (χ4n) is 2.93. The van der Waals surface area contributed by atoms with Crippen LogP contribution in [0.4, 0.5) is 17.3 Å². The Morgan fingerprint density at radius 2 is 2.11 bits per heavy atom. The monoisotopic (exact) mass is 397 g/mol. The zero-order chi connectivity index (χ0) is 19.7. The molecule has 144 valence electrons. The zero-order valence-electron chi connectivity index (χ0n) is 14.9. The average molecular weight is 397 g/mol. The van der Waals surface area contributed by atoms with Crippen molar-refractivity contribution in [3.8, 4) is 0 Å². The van der Waals surface area contributed by atoms with Crippen molar-refractivity contribution >= 4 is 50.7 Å². The highest BCUT2D eigenvalue weighted by Gasteiger charge is 2.28. The second-order valence-electron chi connectivity index (χ2n) is 6.73. The number of carbonyl (C=O) groups excluding carboxylic acids is 2. The van der Waals surface area contributed by atoms with Gasteiger partial charge in [0, 0.05) is 17.0 Å². The summed E-state index contributed by atoms with van der Waals surface area (Å²) in [5.74, 6) is -0.101. The molecule has 1 fully saturated rings. The number of aromatic nitrogens is 3. The average Bonchev–Trinajstić information content (AvgIpc) is 3.40. The van der Waals surface area contributed by atoms with E-state index in [2.05, 4.69) is 25.6 Å². The predicted molar refractivity (Wildman–Crippen MR) is 107 cm³/mol. The van der Waals surface area contributed by atoms with Gasteiger partial charge in [-0.25, -0.2) is 15.0 Å². The van der Waals surface area contributed by atoms with Crippen LogP contribution in [0, 0.1) is 5.92 Å². The molecule has 1 atom stereocenters. The molecule has 4 rings (SSSR count). The van der Waals surface area contributed by atoms with E-state index in [9.17, 15) is 9.59 Å². The third-order valence-corrected chi connectivity index (χ3v) is 5.44. The van der Waals surface area contributed by atoms with Gasteiger partial charge in [0.05, 0.1) is 11.9 Å². The summed E-state index contributed by atoms with van der Waals surface area (Å²) in [6, 6.07) is 3.20. The van der Waals surface area contributed by atoms with Crippen molar-refractivity contribution in [1.29, 1.82) is 0 Å². The van der Waals surface area contributed by atoms with E-state index >= 15 is 0 Å². The fourth-order valence-corrected chi connectivity index (χ4v) is 3.77. The lowest BCUT2D eigenvalue weighted by Gasteiger charge is -2.17. The van der Waals surface area contributed by atoms with E-state index in [0.717, 1.165) is 28.7 Å².